The molecule has 2 amide bonds. The van der Waals surface area contributed by atoms with Crippen LogP contribution in [0.2, 0.25) is 0 Å². The summed E-state index contributed by atoms with van der Waals surface area (Å²) in [5, 5.41) is 12.7. The van der Waals surface area contributed by atoms with Gasteiger partial charge < -0.3 is 20.3 Å². The molecule has 8 heteroatoms. The standard InChI is InChI=1S/C17H23N3O5/c1-17(2,3)6-9(21)7-18-15(24)13-14(23)10-5-12(22)20(4)8-11(10)19-16(13)25/h5-8H2,1-4H3,(H,18,24)(H2,19,23,25). The monoisotopic (exact) mass is 349 g/mol. The molecular formula is C17H23N3O5. The number of fused-ring (bicyclic) bond motifs is 1. The molecule has 25 heavy (non-hydrogen) atoms. The van der Waals surface area contributed by atoms with Gasteiger partial charge in [-0.2, -0.15) is 0 Å². The minimum absolute atomic E-state index is 0.0995. The zero-order chi connectivity index (χ0) is 18.9. The number of nitrogens with one attached hydrogen (secondary N) is 2. The minimum atomic E-state index is -0.838. The van der Waals surface area contributed by atoms with E-state index in [1.165, 1.54) is 4.90 Å². The van der Waals surface area contributed by atoms with Crippen LogP contribution in [0.4, 0.5) is 0 Å². The van der Waals surface area contributed by atoms with E-state index in [-0.39, 0.29) is 48.6 Å². The number of hydrogen-bond acceptors (Lipinski definition) is 5. The van der Waals surface area contributed by atoms with Crippen LogP contribution in [-0.4, -0.2) is 46.2 Å². The van der Waals surface area contributed by atoms with E-state index in [1.54, 1.807) is 7.05 Å². The summed E-state index contributed by atoms with van der Waals surface area (Å²) in [6.07, 6.45) is 0.179. The van der Waals surface area contributed by atoms with Crippen molar-refractivity contribution in [3.63, 3.8) is 0 Å². The molecule has 0 unspecified atom stereocenters. The molecular weight excluding hydrogens is 326 g/mol. The molecule has 8 nitrogen and oxygen atoms in total. The van der Waals surface area contributed by atoms with E-state index < -0.39 is 22.8 Å². The van der Waals surface area contributed by atoms with Gasteiger partial charge in [0.05, 0.1) is 19.5 Å². The Kier molecular flexibility index (Phi) is 5.01. The molecule has 1 aliphatic heterocycles. The van der Waals surface area contributed by atoms with Crippen LogP contribution in [-0.2, 0) is 22.6 Å². The molecule has 0 aliphatic carbocycles. The number of Topliss-reactive ketones (excluding diaryl/α,β-unsaturated/α-hetero) is 1. The number of rotatable bonds is 4. The van der Waals surface area contributed by atoms with Gasteiger partial charge >= 0.3 is 0 Å². The lowest BCUT2D eigenvalue weighted by Crippen LogP contribution is -2.38. The smallest absolute Gasteiger partial charge is 0.264 e. The lowest BCUT2D eigenvalue weighted by molar-refractivity contribution is -0.130. The minimum Gasteiger partial charge on any atom is -0.507 e. The zero-order valence-electron chi connectivity index (χ0n) is 14.9. The number of likely N-dealkylation sites (N-methyl/N-ethyl adjacent to an activating group) is 1. The van der Waals surface area contributed by atoms with Gasteiger partial charge in [-0.1, -0.05) is 20.8 Å². The summed E-state index contributed by atoms with van der Waals surface area (Å²) >= 11 is 0. The number of ketones is 1. The predicted octanol–water partition coefficient (Wildman–Crippen LogP) is 0.330. The van der Waals surface area contributed by atoms with Crippen molar-refractivity contribution in [2.75, 3.05) is 13.6 Å². The van der Waals surface area contributed by atoms with E-state index in [0.717, 1.165) is 0 Å². The van der Waals surface area contributed by atoms with Crippen molar-refractivity contribution < 1.29 is 19.5 Å². The second-order valence-corrected chi connectivity index (χ2v) is 7.52. The van der Waals surface area contributed by atoms with Crippen LogP contribution in [0.5, 0.6) is 5.75 Å². The number of amides is 2. The third kappa shape index (κ3) is 4.26. The largest absolute Gasteiger partial charge is 0.507 e. The number of nitrogens with zero attached hydrogens (tertiary/aromatic N) is 1. The van der Waals surface area contributed by atoms with Crippen LogP contribution in [0.15, 0.2) is 4.79 Å². The first-order valence-corrected chi connectivity index (χ1v) is 8.00. The van der Waals surface area contributed by atoms with E-state index in [0.29, 0.717) is 5.69 Å². The van der Waals surface area contributed by atoms with Crippen molar-refractivity contribution in [1.82, 2.24) is 15.2 Å². The number of aromatic hydroxyl groups is 1. The molecule has 3 N–H and O–H groups in total. The third-order valence-corrected chi connectivity index (χ3v) is 3.93. The summed E-state index contributed by atoms with van der Waals surface area (Å²) in [6, 6.07) is 0. The Bertz CT molecular complexity index is 789. The number of hydrogen-bond donors (Lipinski definition) is 3. The molecule has 0 saturated heterocycles. The molecule has 136 valence electrons. The molecule has 0 fully saturated rings. The van der Waals surface area contributed by atoms with Gasteiger partial charge in [-0.25, -0.2) is 0 Å². The summed E-state index contributed by atoms with van der Waals surface area (Å²) in [7, 11) is 1.59. The highest BCUT2D eigenvalue weighted by atomic mass is 16.3. The van der Waals surface area contributed by atoms with Gasteiger partial charge in [0.2, 0.25) is 5.91 Å². The maximum atomic E-state index is 12.2. The van der Waals surface area contributed by atoms with Crippen LogP contribution >= 0.6 is 0 Å². The molecule has 0 bridgehead atoms. The Morgan fingerprint density at radius 2 is 1.92 bits per heavy atom. The normalized spacial score (nSPS) is 14.2. The topological polar surface area (TPSA) is 120 Å². The van der Waals surface area contributed by atoms with Crippen molar-refractivity contribution in [3.8, 4) is 5.75 Å². The molecule has 1 aromatic heterocycles. The first-order chi connectivity index (χ1) is 11.5. The van der Waals surface area contributed by atoms with Crippen molar-refractivity contribution >= 4 is 17.6 Å². The Balaban J connectivity index is 2.21. The summed E-state index contributed by atoms with van der Waals surface area (Å²) in [5.74, 6) is -1.73. The maximum absolute atomic E-state index is 12.2. The molecule has 0 spiro atoms. The van der Waals surface area contributed by atoms with Crippen molar-refractivity contribution in [2.45, 2.75) is 40.2 Å². The number of pyridine rings is 1. The van der Waals surface area contributed by atoms with Crippen molar-refractivity contribution in [2.24, 2.45) is 5.41 Å². The van der Waals surface area contributed by atoms with Gasteiger partial charge in [-0.05, 0) is 5.41 Å². The zero-order valence-corrected chi connectivity index (χ0v) is 14.9. The third-order valence-electron chi connectivity index (χ3n) is 3.93. The molecule has 2 rings (SSSR count). The Labute approximate surface area is 145 Å². The second-order valence-electron chi connectivity index (χ2n) is 7.52. The average molecular weight is 349 g/mol. The Morgan fingerprint density at radius 3 is 2.52 bits per heavy atom. The first-order valence-electron chi connectivity index (χ1n) is 8.00. The lowest BCUT2D eigenvalue weighted by atomic mass is 9.90. The highest BCUT2D eigenvalue weighted by Gasteiger charge is 2.29. The van der Waals surface area contributed by atoms with Gasteiger partial charge in [-0.15, -0.1) is 0 Å². The van der Waals surface area contributed by atoms with Crippen LogP contribution < -0.4 is 10.9 Å². The van der Waals surface area contributed by atoms with Gasteiger partial charge in [0.25, 0.3) is 11.5 Å². The molecule has 0 atom stereocenters. The number of carbonyl (C=O) groups is 3. The van der Waals surface area contributed by atoms with Gasteiger partial charge in [0, 0.05) is 24.7 Å². The average Bonchev–Trinajstić information content (AvgIpc) is 2.46. The first kappa shape index (κ1) is 18.7. The highest BCUT2D eigenvalue weighted by molar-refractivity contribution is 5.99. The molecule has 1 aromatic rings. The Hall–Kier alpha value is -2.64. The van der Waals surface area contributed by atoms with Crippen LogP contribution in [0.1, 0.15) is 48.8 Å². The number of aromatic nitrogens is 1. The van der Waals surface area contributed by atoms with Gasteiger partial charge in [-0.3, -0.25) is 19.2 Å². The second kappa shape index (κ2) is 6.70. The number of H-pyrrole nitrogens is 1. The van der Waals surface area contributed by atoms with Gasteiger partial charge in [0.15, 0.2) is 5.78 Å². The van der Waals surface area contributed by atoms with Crippen LogP contribution in [0, 0.1) is 5.41 Å². The molecule has 1 aliphatic rings. The maximum Gasteiger partial charge on any atom is 0.264 e. The predicted molar refractivity (Wildman–Crippen MR) is 90.3 cm³/mol. The van der Waals surface area contributed by atoms with E-state index >= 15 is 0 Å². The molecule has 0 saturated carbocycles. The lowest BCUT2D eigenvalue weighted by Gasteiger charge is -2.25. The van der Waals surface area contributed by atoms with Crippen LogP contribution in [0.25, 0.3) is 0 Å². The van der Waals surface area contributed by atoms with Gasteiger partial charge in [0.1, 0.15) is 11.3 Å². The van der Waals surface area contributed by atoms with E-state index in [9.17, 15) is 24.3 Å². The SMILES string of the molecule is CN1Cc2[nH]c(=O)c(C(=O)NCC(=O)CC(C)(C)C)c(O)c2CC1=O. The highest BCUT2D eigenvalue weighted by Crippen LogP contribution is 2.27. The summed E-state index contributed by atoms with van der Waals surface area (Å²) in [5.41, 5.74) is -0.780. The Morgan fingerprint density at radius 1 is 1.28 bits per heavy atom. The van der Waals surface area contributed by atoms with E-state index in [1.807, 2.05) is 20.8 Å². The van der Waals surface area contributed by atoms with Crippen molar-refractivity contribution in [3.05, 3.63) is 27.2 Å². The van der Waals surface area contributed by atoms with E-state index in [2.05, 4.69) is 10.3 Å². The summed E-state index contributed by atoms with van der Waals surface area (Å²) in [6.45, 7) is 5.64. The summed E-state index contributed by atoms with van der Waals surface area (Å²) in [4.78, 5) is 52.0. The van der Waals surface area contributed by atoms with Crippen LogP contribution in [0.3, 0.4) is 0 Å². The van der Waals surface area contributed by atoms with E-state index in [4.69, 9.17) is 0 Å². The molecule has 2 heterocycles. The quantitative estimate of drug-likeness (QED) is 0.724. The summed E-state index contributed by atoms with van der Waals surface area (Å²) < 4.78 is 0. The van der Waals surface area contributed by atoms with Crippen molar-refractivity contribution in [1.29, 1.82) is 0 Å². The molecule has 0 radical (unpaired) electrons. The fourth-order valence-corrected chi connectivity index (χ4v) is 2.75. The fraction of sp³-hybridized carbons (Fsp3) is 0.529. The number of carbonyl (C=O) groups excluding carboxylic acids is 3. The molecule has 0 aromatic carbocycles. The fourth-order valence-electron chi connectivity index (χ4n) is 2.75. The number of aromatic amines is 1.